The van der Waals surface area contributed by atoms with Gasteiger partial charge < -0.3 is 10.4 Å². The Labute approximate surface area is 110 Å². The molecule has 0 fully saturated rings. The Balaban J connectivity index is 2.53. The third-order valence-electron chi connectivity index (χ3n) is 2.86. The topological polar surface area (TPSA) is 92.4 Å². The van der Waals surface area contributed by atoms with E-state index in [1.807, 2.05) is 5.32 Å². The number of hydrogen-bond acceptors (Lipinski definition) is 5. The van der Waals surface area contributed by atoms with E-state index in [2.05, 4.69) is 15.2 Å². The van der Waals surface area contributed by atoms with Crippen molar-refractivity contribution in [2.24, 2.45) is 0 Å². The molecule has 2 N–H and O–H groups in total. The minimum atomic E-state index is -5.01. The lowest BCUT2D eigenvalue weighted by Crippen LogP contribution is -2.55. The number of nitrogens with zero attached hydrogens (tertiary/aromatic N) is 4. The van der Waals surface area contributed by atoms with Crippen LogP contribution < -0.4 is 5.32 Å². The van der Waals surface area contributed by atoms with Crippen molar-refractivity contribution in [3.63, 3.8) is 0 Å². The third-order valence-corrected chi connectivity index (χ3v) is 2.86. The number of carboxylic acids is 1. The normalized spacial score (nSPS) is 15.1. The quantitative estimate of drug-likeness (QED) is 0.883. The summed E-state index contributed by atoms with van der Waals surface area (Å²) in [6.45, 7) is 2.12. The van der Waals surface area contributed by atoms with Crippen LogP contribution in [0.25, 0.3) is 5.65 Å². The minimum Gasteiger partial charge on any atom is -0.479 e. The van der Waals surface area contributed by atoms with E-state index in [0.717, 1.165) is 0 Å². The van der Waals surface area contributed by atoms with Crippen LogP contribution in [0.15, 0.2) is 12.4 Å². The van der Waals surface area contributed by atoms with Gasteiger partial charge in [-0.2, -0.15) is 13.2 Å². The van der Waals surface area contributed by atoms with Gasteiger partial charge in [-0.05, 0) is 13.8 Å². The van der Waals surface area contributed by atoms with Crippen molar-refractivity contribution in [1.82, 2.24) is 19.6 Å². The Kier molecular flexibility index (Phi) is 3.03. The zero-order valence-electron chi connectivity index (χ0n) is 10.4. The lowest BCUT2D eigenvalue weighted by molar-refractivity contribution is -0.192. The van der Waals surface area contributed by atoms with Gasteiger partial charge in [0.2, 0.25) is 11.2 Å². The fourth-order valence-corrected chi connectivity index (χ4v) is 1.51. The van der Waals surface area contributed by atoms with E-state index in [4.69, 9.17) is 5.11 Å². The molecule has 1 atom stereocenters. The van der Waals surface area contributed by atoms with Gasteiger partial charge in [0, 0.05) is 12.4 Å². The Morgan fingerprint density at radius 1 is 1.40 bits per heavy atom. The molecule has 0 aliphatic carbocycles. The lowest BCUT2D eigenvalue weighted by Gasteiger charge is -2.28. The zero-order valence-corrected chi connectivity index (χ0v) is 10.4. The molecule has 2 aromatic heterocycles. The van der Waals surface area contributed by atoms with Crippen LogP contribution in [-0.4, -0.2) is 42.4 Å². The number of carbonyl (C=O) groups is 1. The molecule has 2 rings (SSSR count). The molecular formula is C10H10F3N5O2. The van der Waals surface area contributed by atoms with Gasteiger partial charge in [0.25, 0.3) is 0 Å². The summed E-state index contributed by atoms with van der Waals surface area (Å²) in [4.78, 5) is 14.7. The molecule has 0 bridgehead atoms. The molecular weight excluding hydrogens is 279 g/mol. The average Bonchev–Trinajstić information content (AvgIpc) is 2.71. The largest absolute Gasteiger partial charge is 0.479 e. The molecule has 1 unspecified atom stereocenters. The Bertz CT molecular complexity index is 668. The smallest absolute Gasteiger partial charge is 0.422 e. The van der Waals surface area contributed by atoms with Gasteiger partial charge in [0.15, 0.2) is 5.82 Å². The first-order valence-corrected chi connectivity index (χ1v) is 5.41. The van der Waals surface area contributed by atoms with E-state index in [-0.39, 0.29) is 11.5 Å². The van der Waals surface area contributed by atoms with Gasteiger partial charge in [0.1, 0.15) is 5.82 Å². The van der Waals surface area contributed by atoms with E-state index < -0.39 is 17.7 Å². The summed E-state index contributed by atoms with van der Waals surface area (Å²) < 4.78 is 40.2. The van der Waals surface area contributed by atoms with E-state index in [1.54, 1.807) is 6.92 Å². The summed E-state index contributed by atoms with van der Waals surface area (Å²) in [5.41, 5.74) is -3.16. The van der Waals surface area contributed by atoms with Gasteiger partial charge >= 0.3 is 12.1 Å². The molecule has 0 aliphatic heterocycles. The Morgan fingerprint density at radius 2 is 2.05 bits per heavy atom. The van der Waals surface area contributed by atoms with Crippen molar-refractivity contribution in [2.45, 2.75) is 25.6 Å². The fourth-order valence-electron chi connectivity index (χ4n) is 1.51. The van der Waals surface area contributed by atoms with Crippen LogP contribution in [0, 0.1) is 6.92 Å². The number of fused-ring (bicyclic) bond motifs is 1. The number of halogens is 3. The van der Waals surface area contributed by atoms with E-state index >= 15 is 0 Å². The van der Waals surface area contributed by atoms with E-state index in [0.29, 0.717) is 12.7 Å². The summed E-state index contributed by atoms with van der Waals surface area (Å²) in [7, 11) is 0. The number of anilines is 1. The van der Waals surface area contributed by atoms with Crippen molar-refractivity contribution in [1.29, 1.82) is 0 Å². The lowest BCUT2D eigenvalue weighted by atomic mass is 10.0. The second-order valence-electron chi connectivity index (χ2n) is 4.27. The first-order valence-electron chi connectivity index (χ1n) is 5.41. The summed E-state index contributed by atoms with van der Waals surface area (Å²) in [5, 5.41) is 18.1. The maximum absolute atomic E-state index is 12.9. The molecule has 20 heavy (non-hydrogen) atoms. The van der Waals surface area contributed by atoms with Crippen LogP contribution >= 0.6 is 0 Å². The van der Waals surface area contributed by atoms with E-state index in [1.165, 1.54) is 16.8 Å². The van der Waals surface area contributed by atoms with Crippen molar-refractivity contribution < 1.29 is 23.1 Å². The number of aromatic nitrogens is 4. The fraction of sp³-hybridized carbons (Fsp3) is 0.400. The molecule has 0 amide bonds. The average molecular weight is 289 g/mol. The van der Waals surface area contributed by atoms with Crippen LogP contribution in [0.4, 0.5) is 19.0 Å². The van der Waals surface area contributed by atoms with Crippen molar-refractivity contribution >= 4 is 17.4 Å². The van der Waals surface area contributed by atoms with Crippen molar-refractivity contribution in [3.05, 3.63) is 18.2 Å². The number of hydrogen-bond donors (Lipinski definition) is 2. The van der Waals surface area contributed by atoms with Crippen molar-refractivity contribution in [2.75, 3.05) is 5.32 Å². The molecule has 10 heteroatoms. The zero-order chi connectivity index (χ0) is 15.1. The third kappa shape index (κ3) is 2.02. The maximum Gasteiger partial charge on any atom is 0.422 e. The second-order valence-corrected chi connectivity index (χ2v) is 4.27. The number of aliphatic carboxylic acids is 1. The van der Waals surface area contributed by atoms with Crippen LogP contribution in [0.2, 0.25) is 0 Å². The number of nitrogens with one attached hydrogen (secondary N) is 1. The van der Waals surface area contributed by atoms with E-state index in [9.17, 15) is 18.0 Å². The number of rotatable bonds is 3. The highest BCUT2D eigenvalue weighted by atomic mass is 19.4. The summed E-state index contributed by atoms with van der Waals surface area (Å²) >= 11 is 0. The van der Waals surface area contributed by atoms with Gasteiger partial charge in [-0.15, -0.1) is 10.2 Å². The predicted molar refractivity (Wildman–Crippen MR) is 61.2 cm³/mol. The summed E-state index contributed by atoms with van der Waals surface area (Å²) in [5.74, 6) is -1.94. The molecule has 7 nitrogen and oxygen atoms in total. The predicted octanol–water partition coefficient (Wildman–Crippen LogP) is 1.25. The van der Waals surface area contributed by atoms with Crippen LogP contribution in [0.1, 0.15) is 12.7 Å². The molecule has 0 radical (unpaired) electrons. The molecule has 0 spiro atoms. The maximum atomic E-state index is 12.9. The van der Waals surface area contributed by atoms with Crippen molar-refractivity contribution in [3.8, 4) is 0 Å². The monoisotopic (exact) mass is 289 g/mol. The van der Waals surface area contributed by atoms with Crippen LogP contribution in [0.5, 0.6) is 0 Å². The molecule has 0 saturated carbocycles. The highest BCUT2D eigenvalue weighted by molar-refractivity contribution is 5.84. The molecule has 108 valence electrons. The molecule has 0 aliphatic rings. The SMILES string of the molecule is Cc1nnc2c(NC(C)(C(=O)O)C(F)(F)F)nccn12. The first kappa shape index (κ1) is 14.0. The number of alkyl halides is 3. The Morgan fingerprint density at radius 3 is 2.60 bits per heavy atom. The van der Waals surface area contributed by atoms with Crippen LogP contribution in [-0.2, 0) is 4.79 Å². The van der Waals surface area contributed by atoms with Gasteiger partial charge in [-0.1, -0.05) is 0 Å². The second kappa shape index (κ2) is 4.32. The van der Waals surface area contributed by atoms with Gasteiger partial charge in [-0.25, -0.2) is 9.78 Å². The summed E-state index contributed by atoms with van der Waals surface area (Å²) in [6, 6.07) is 0. The highest BCUT2D eigenvalue weighted by Gasteiger charge is 2.58. The Hall–Kier alpha value is -2.39. The highest BCUT2D eigenvalue weighted by Crippen LogP contribution is 2.33. The van der Waals surface area contributed by atoms with Crippen LogP contribution in [0.3, 0.4) is 0 Å². The molecule has 2 aromatic rings. The number of aryl methyl sites for hydroxylation is 1. The molecule has 2 heterocycles. The minimum absolute atomic E-state index is 0.0155. The molecule has 0 saturated heterocycles. The molecule has 0 aromatic carbocycles. The first-order chi connectivity index (χ1) is 9.17. The number of carboxylic acid groups (broad SMARTS) is 1. The summed E-state index contributed by atoms with van der Waals surface area (Å²) in [6.07, 6.45) is -2.33. The van der Waals surface area contributed by atoms with Gasteiger partial charge in [0.05, 0.1) is 0 Å². The standard InChI is InChI=1S/C10H10F3N5O2/c1-5-16-17-7-6(14-3-4-18(5)7)15-9(2,8(19)20)10(11,12)13/h3-4H,1-2H3,(H,14,15)(H,19,20). The van der Waals surface area contributed by atoms with Gasteiger partial charge in [-0.3, -0.25) is 4.40 Å².